The number of aliphatic hydroxyl groups is 1. The maximum absolute atomic E-state index is 12.1. The summed E-state index contributed by atoms with van der Waals surface area (Å²) >= 11 is 0. The number of phenols is 2. The molecule has 0 saturated heterocycles. The van der Waals surface area contributed by atoms with Crippen molar-refractivity contribution in [3.63, 3.8) is 0 Å². The third kappa shape index (κ3) is 9.03. The smallest absolute Gasteiger partial charge is 0.295 e. The molecule has 8 aromatic rings. The van der Waals surface area contributed by atoms with E-state index >= 15 is 0 Å². The molecule has 29 heteroatoms. The standard InChI is InChI=1S/C41H30N12O15S2/c1-19-35(44-46-37-27-11-9-25(52(59)60)15-29(27)33(17-31(37)54)69(63,64)65)39(56)50(48-19)23-7-3-5-21(13-23)42-41(58)43-22-6-4-8-24(14-22)51-40(57)36(20(2)49-51)45-47-38-28-12-10-26(53(61)62)16-30(28)34(18-32(38)55)70(66,67)68/h3-18,54-57H,1-2H3,(H2,42,43,58)(H,63,64,65)(H,66,67,68). The highest BCUT2D eigenvalue weighted by Crippen LogP contribution is 2.45. The molecule has 2 heterocycles. The molecule has 0 aliphatic rings. The number of aliphatic hydroxyl groups excluding tert-OH is 1. The minimum Gasteiger partial charge on any atom is -0.506 e. The number of nitrogens with one attached hydrogen (secondary N) is 1. The lowest BCUT2D eigenvalue weighted by Crippen LogP contribution is -2.10. The van der Waals surface area contributed by atoms with E-state index in [1.54, 1.807) is 18.2 Å². The molecule has 0 unspecified atom stereocenters. The number of nitro groups is 2. The molecule has 8 rings (SSSR count). The summed E-state index contributed by atoms with van der Waals surface area (Å²) in [6, 6.07) is 18.8. The van der Waals surface area contributed by atoms with Crippen molar-refractivity contribution in [3.8, 4) is 34.6 Å². The van der Waals surface area contributed by atoms with Crippen molar-refractivity contribution in [2.24, 2.45) is 25.4 Å². The summed E-state index contributed by atoms with van der Waals surface area (Å²) in [7, 11) is -9.93. The Hall–Kier alpha value is -9.45. The normalized spacial score (nSPS) is 12.4. The van der Waals surface area contributed by atoms with Crippen LogP contribution in [0.25, 0.3) is 32.9 Å². The number of hydrogen-bond donors (Lipinski definition) is 8. The third-order valence-corrected chi connectivity index (χ3v) is 12.0. The Morgan fingerprint density at radius 3 is 1.46 bits per heavy atom. The van der Waals surface area contributed by atoms with Gasteiger partial charge in [0, 0.05) is 63.6 Å². The summed E-state index contributed by atoms with van der Waals surface area (Å²) in [5, 5.41) is 104. The summed E-state index contributed by atoms with van der Waals surface area (Å²) in [4.78, 5) is 23.8. The topological polar surface area (TPSA) is 406 Å². The van der Waals surface area contributed by atoms with Crippen molar-refractivity contribution < 1.29 is 61.3 Å². The van der Waals surface area contributed by atoms with Gasteiger partial charge in [-0.25, -0.2) is 0 Å². The van der Waals surface area contributed by atoms with Crippen molar-refractivity contribution in [3.05, 3.63) is 129 Å². The number of aryl methyl sites for hydroxylation is 2. The van der Waals surface area contributed by atoms with E-state index in [-0.39, 0.29) is 78.4 Å². The molecule has 0 radical (unpaired) electrons. The van der Waals surface area contributed by atoms with E-state index in [0.717, 1.165) is 45.8 Å². The van der Waals surface area contributed by atoms with E-state index < -0.39 is 80.5 Å². The zero-order valence-corrected chi connectivity index (χ0v) is 37.0. The highest BCUT2D eigenvalue weighted by Gasteiger charge is 2.25. The first-order valence-electron chi connectivity index (χ1n) is 19.5. The molecule has 0 aliphatic carbocycles. The number of hydrogen-bond acceptors (Lipinski definition) is 19. The molecule has 27 nitrogen and oxygen atoms in total. The number of anilines is 1. The third-order valence-electron chi connectivity index (χ3n) is 10.2. The van der Waals surface area contributed by atoms with E-state index in [9.17, 15) is 71.7 Å². The van der Waals surface area contributed by atoms with Gasteiger partial charge in [0.1, 0.15) is 32.7 Å². The van der Waals surface area contributed by atoms with Crippen LogP contribution >= 0.6 is 0 Å². The summed E-state index contributed by atoms with van der Waals surface area (Å²) in [5.41, 5.74) is -1.01. The number of azo groups is 2. The fourth-order valence-corrected chi connectivity index (χ4v) is 8.48. The van der Waals surface area contributed by atoms with Crippen LogP contribution in [0, 0.1) is 34.1 Å². The number of aromatic hydroxyl groups is 4. The minimum atomic E-state index is -4.97. The van der Waals surface area contributed by atoms with Crippen LogP contribution in [0.3, 0.4) is 0 Å². The fourth-order valence-electron chi connectivity index (χ4n) is 7.06. The van der Waals surface area contributed by atoms with Crippen LogP contribution in [0.15, 0.2) is 132 Å². The van der Waals surface area contributed by atoms with Gasteiger partial charge in [-0.15, -0.1) is 20.5 Å². The van der Waals surface area contributed by atoms with Crippen LogP contribution in [0.5, 0.6) is 23.3 Å². The number of nitro benzene ring substituents is 2. The molecule has 8 N–H and O–H groups in total. The van der Waals surface area contributed by atoms with Gasteiger partial charge >= 0.3 is 0 Å². The quantitative estimate of drug-likeness (QED) is 0.0142. The SMILES string of the molecule is Cc1nn(-c2cccc(N=C(O)Nc3cccc(-n4nc(C)c(N=Nc5c(O)cc(S(=O)(=O)O)c6cc([N+](=O)[O-])ccc56)c4O)c3)c2)c(O)c1N=Nc1c(O)cc(S(=O)(=O)O)c2cc([N+](=O)[O-])ccc12. The summed E-state index contributed by atoms with van der Waals surface area (Å²) < 4.78 is 69.9. The second-order valence-corrected chi connectivity index (χ2v) is 17.6. The number of fused-ring (bicyclic) bond motifs is 2. The lowest BCUT2D eigenvalue weighted by molar-refractivity contribution is -0.384. The average Bonchev–Trinajstić information content (AvgIpc) is 3.75. The van der Waals surface area contributed by atoms with Gasteiger partial charge in [0.2, 0.25) is 11.8 Å². The van der Waals surface area contributed by atoms with Gasteiger partial charge in [0.05, 0.1) is 38.3 Å². The Balaban J connectivity index is 1.03. The van der Waals surface area contributed by atoms with E-state index in [4.69, 9.17) is 0 Å². The van der Waals surface area contributed by atoms with Crippen molar-refractivity contribution in [2.45, 2.75) is 23.6 Å². The Bertz CT molecular complexity index is 3870. The van der Waals surface area contributed by atoms with E-state index in [2.05, 4.69) is 41.0 Å². The van der Waals surface area contributed by atoms with Gasteiger partial charge in [0.15, 0.2) is 11.4 Å². The molecule has 0 saturated carbocycles. The number of rotatable bonds is 12. The first kappa shape index (κ1) is 47.1. The molecule has 356 valence electrons. The van der Waals surface area contributed by atoms with Gasteiger partial charge < -0.3 is 30.8 Å². The van der Waals surface area contributed by atoms with E-state index in [1.165, 1.54) is 44.2 Å². The maximum atomic E-state index is 12.1. The predicted molar refractivity (Wildman–Crippen MR) is 246 cm³/mol. The van der Waals surface area contributed by atoms with Gasteiger partial charge in [-0.1, -0.05) is 12.1 Å². The molecule has 70 heavy (non-hydrogen) atoms. The van der Waals surface area contributed by atoms with Crippen LogP contribution in [0.2, 0.25) is 0 Å². The number of nitrogens with zero attached hydrogens (tertiary/aromatic N) is 11. The van der Waals surface area contributed by atoms with Crippen LogP contribution in [0.4, 0.5) is 45.5 Å². The second-order valence-electron chi connectivity index (χ2n) is 14.8. The van der Waals surface area contributed by atoms with Crippen LogP contribution in [-0.2, 0) is 20.2 Å². The summed E-state index contributed by atoms with van der Waals surface area (Å²) in [6.07, 6.45) is 0. The lowest BCUT2D eigenvalue weighted by Gasteiger charge is -2.09. The molecular formula is C41H30N12O15S2. The van der Waals surface area contributed by atoms with Gasteiger partial charge in [0.25, 0.3) is 37.6 Å². The number of aromatic nitrogens is 4. The molecule has 0 fully saturated rings. The average molecular weight is 995 g/mol. The second kappa shape index (κ2) is 17.6. The Labute approximate surface area is 390 Å². The largest absolute Gasteiger partial charge is 0.506 e. The van der Waals surface area contributed by atoms with Gasteiger partial charge in [-0.3, -0.25) is 29.3 Å². The number of aliphatic imine (C=N–C) groups is 1. The van der Waals surface area contributed by atoms with Crippen LogP contribution in [-0.4, -0.2) is 86.9 Å². The lowest BCUT2D eigenvalue weighted by atomic mass is 10.1. The molecule has 0 bridgehead atoms. The van der Waals surface area contributed by atoms with E-state index in [0.29, 0.717) is 12.1 Å². The first-order chi connectivity index (χ1) is 33.0. The maximum Gasteiger partial charge on any atom is 0.295 e. The summed E-state index contributed by atoms with van der Waals surface area (Å²) in [6.45, 7) is 2.94. The molecular weight excluding hydrogens is 965 g/mol. The first-order valence-corrected chi connectivity index (χ1v) is 22.4. The fraction of sp³-hybridized carbons (Fsp3) is 0.0488. The molecule has 0 atom stereocenters. The van der Waals surface area contributed by atoms with Gasteiger partial charge in [-0.05, 0) is 62.4 Å². The van der Waals surface area contributed by atoms with Crippen molar-refractivity contribution in [1.82, 2.24) is 19.6 Å². The molecule has 0 spiro atoms. The van der Waals surface area contributed by atoms with E-state index in [1.807, 2.05) is 0 Å². The van der Waals surface area contributed by atoms with Crippen molar-refractivity contribution in [1.29, 1.82) is 0 Å². The molecule has 0 aliphatic heterocycles. The van der Waals surface area contributed by atoms with Crippen molar-refractivity contribution in [2.75, 3.05) is 5.32 Å². The Kier molecular flexibility index (Phi) is 11.9. The van der Waals surface area contributed by atoms with Crippen LogP contribution in [0.1, 0.15) is 11.4 Å². The van der Waals surface area contributed by atoms with Crippen LogP contribution < -0.4 is 5.32 Å². The predicted octanol–water partition coefficient (Wildman–Crippen LogP) is 8.60. The molecule has 0 amide bonds. The zero-order chi connectivity index (χ0) is 50.6. The summed E-state index contributed by atoms with van der Waals surface area (Å²) in [5.74, 6) is -2.62. The number of non-ortho nitro benzene ring substituents is 2. The minimum absolute atomic E-state index is 0.123. The number of phenolic OH excluding ortho intramolecular Hbond substituents is 2. The van der Waals surface area contributed by atoms with Crippen molar-refractivity contribution >= 4 is 93.3 Å². The highest BCUT2D eigenvalue weighted by molar-refractivity contribution is 7.86. The Morgan fingerprint density at radius 2 is 1.01 bits per heavy atom. The molecule has 2 aromatic heterocycles. The van der Waals surface area contributed by atoms with Gasteiger partial charge in [-0.2, -0.15) is 41.4 Å². The Morgan fingerprint density at radius 1 is 0.586 bits per heavy atom. The number of benzene rings is 6. The number of amidine groups is 1. The molecule has 6 aromatic carbocycles. The monoisotopic (exact) mass is 994 g/mol. The zero-order valence-electron chi connectivity index (χ0n) is 35.4. The highest BCUT2D eigenvalue weighted by atomic mass is 32.2.